The van der Waals surface area contributed by atoms with Gasteiger partial charge < -0.3 is 15.0 Å². The molecular formula is C25H24F2N2O2. The van der Waals surface area contributed by atoms with Crippen LogP contribution in [-0.4, -0.2) is 18.5 Å². The van der Waals surface area contributed by atoms with E-state index in [1.54, 1.807) is 36.2 Å². The fraction of sp³-hybridized carbons (Fsp3) is 0.240. The third-order valence-corrected chi connectivity index (χ3v) is 5.59. The Bertz CT molecular complexity index is 1170. The lowest BCUT2D eigenvalue weighted by Gasteiger charge is -2.39. The SMILES string of the molecule is Cc1ccc(F)cc1OCc1c(-c2ccccc2F)ccc2c1N(C)C(=O)C(C)(C)N2. The summed E-state index contributed by atoms with van der Waals surface area (Å²) in [6.07, 6.45) is 0. The van der Waals surface area contributed by atoms with Gasteiger partial charge in [-0.1, -0.05) is 30.3 Å². The van der Waals surface area contributed by atoms with Crippen LogP contribution in [0.1, 0.15) is 25.0 Å². The molecule has 1 aliphatic heterocycles. The standard InChI is InChI=1S/C25H24F2N2O2/c1-15-9-10-16(26)13-22(15)31-14-19-17(18-7-5-6-8-20(18)27)11-12-21-23(19)29(4)24(30)25(2,3)28-21/h5-13,28H,14H2,1-4H3. The summed E-state index contributed by atoms with van der Waals surface area (Å²) in [4.78, 5) is 14.5. The lowest BCUT2D eigenvalue weighted by atomic mass is 9.92. The van der Waals surface area contributed by atoms with Gasteiger partial charge in [-0.25, -0.2) is 8.78 Å². The number of hydrogen-bond donors (Lipinski definition) is 1. The Kier molecular flexibility index (Phi) is 5.17. The van der Waals surface area contributed by atoms with E-state index in [0.29, 0.717) is 28.1 Å². The van der Waals surface area contributed by atoms with E-state index >= 15 is 0 Å². The van der Waals surface area contributed by atoms with E-state index in [0.717, 1.165) is 11.3 Å². The summed E-state index contributed by atoms with van der Waals surface area (Å²) in [5, 5.41) is 3.27. The normalized spacial score (nSPS) is 14.8. The van der Waals surface area contributed by atoms with Crippen molar-refractivity contribution < 1.29 is 18.3 Å². The lowest BCUT2D eigenvalue weighted by molar-refractivity contribution is -0.121. The number of ether oxygens (including phenoxy) is 1. The van der Waals surface area contributed by atoms with Gasteiger partial charge in [0.2, 0.25) is 0 Å². The van der Waals surface area contributed by atoms with E-state index in [1.807, 2.05) is 32.9 Å². The summed E-state index contributed by atoms with van der Waals surface area (Å²) < 4.78 is 34.4. The quantitative estimate of drug-likeness (QED) is 0.588. The summed E-state index contributed by atoms with van der Waals surface area (Å²) in [6.45, 7) is 5.49. The average Bonchev–Trinajstić information content (AvgIpc) is 2.73. The van der Waals surface area contributed by atoms with Gasteiger partial charge in [0.25, 0.3) is 5.91 Å². The molecule has 0 atom stereocenters. The number of anilines is 2. The van der Waals surface area contributed by atoms with Gasteiger partial charge in [-0.15, -0.1) is 0 Å². The topological polar surface area (TPSA) is 41.6 Å². The number of likely N-dealkylation sites (N-methyl/N-ethyl adjacent to an activating group) is 1. The fourth-order valence-electron chi connectivity index (χ4n) is 3.99. The zero-order valence-corrected chi connectivity index (χ0v) is 17.9. The highest BCUT2D eigenvalue weighted by Crippen LogP contribution is 2.43. The molecule has 1 heterocycles. The Morgan fingerprint density at radius 2 is 1.77 bits per heavy atom. The molecule has 6 heteroatoms. The van der Waals surface area contributed by atoms with Crippen molar-refractivity contribution in [1.82, 2.24) is 0 Å². The number of carbonyl (C=O) groups is 1. The maximum absolute atomic E-state index is 14.7. The van der Waals surface area contributed by atoms with Gasteiger partial charge in [0, 0.05) is 24.2 Å². The van der Waals surface area contributed by atoms with Crippen LogP contribution in [0.15, 0.2) is 54.6 Å². The van der Waals surface area contributed by atoms with Crippen LogP contribution in [0, 0.1) is 18.6 Å². The van der Waals surface area contributed by atoms with Crippen molar-refractivity contribution in [3.8, 4) is 16.9 Å². The monoisotopic (exact) mass is 422 g/mol. The molecule has 160 valence electrons. The highest BCUT2D eigenvalue weighted by atomic mass is 19.1. The number of hydrogen-bond acceptors (Lipinski definition) is 3. The second-order valence-corrected chi connectivity index (χ2v) is 8.28. The molecule has 0 bridgehead atoms. The minimum absolute atomic E-state index is 0.0386. The highest BCUT2D eigenvalue weighted by Gasteiger charge is 2.38. The molecule has 0 saturated heterocycles. The van der Waals surface area contributed by atoms with Crippen molar-refractivity contribution in [1.29, 1.82) is 0 Å². The van der Waals surface area contributed by atoms with Crippen molar-refractivity contribution in [3.63, 3.8) is 0 Å². The minimum atomic E-state index is -0.779. The van der Waals surface area contributed by atoms with Crippen LogP contribution in [0.25, 0.3) is 11.1 Å². The zero-order valence-electron chi connectivity index (χ0n) is 17.9. The van der Waals surface area contributed by atoms with Crippen LogP contribution in [0.5, 0.6) is 5.75 Å². The summed E-state index contributed by atoms with van der Waals surface area (Å²) in [7, 11) is 1.70. The number of aryl methyl sites for hydroxylation is 1. The third-order valence-electron chi connectivity index (χ3n) is 5.59. The van der Waals surface area contributed by atoms with Crippen LogP contribution < -0.4 is 15.0 Å². The second kappa shape index (κ2) is 7.69. The lowest BCUT2D eigenvalue weighted by Crippen LogP contribution is -2.52. The molecule has 4 nitrogen and oxygen atoms in total. The van der Waals surface area contributed by atoms with Crippen molar-refractivity contribution >= 4 is 17.3 Å². The molecule has 4 rings (SSSR count). The first-order chi connectivity index (χ1) is 14.7. The van der Waals surface area contributed by atoms with E-state index < -0.39 is 11.4 Å². The molecule has 1 N–H and O–H groups in total. The van der Waals surface area contributed by atoms with Crippen LogP contribution >= 0.6 is 0 Å². The molecular weight excluding hydrogens is 398 g/mol. The van der Waals surface area contributed by atoms with Crippen molar-refractivity contribution in [2.45, 2.75) is 32.9 Å². The third kappa shape index (κ3) is 3.74. The molecule has 3 aromatic carbocycles. The maximum Gasteiger partial charge on any atom is 0.251 e. The predicted molar refractivity (Wildman–Crippen MR) is 118 cm³/mol. The van der Waals surface area contributed by atoms with Crippen LogP contribution in [0.4, 0.5) is 20.2 Å². The predicted octanol–water partition coefficient (Wildman–Crippen LogP) is 5.69. The molecule has 0 fully saturated rings. The number of rotatable bonds is 4. The average molecular weight is 422 g/mol. The van der Waals surface area contributed by atoms with Gasteiger partial charge in [-0.05, 0) is 50.1 Å². The highest BCUT2D eigenvalue weighted by molar-refractivity contribution is 6.08. The van der Waals surface area contributed by atoms with Gasteiger partial charge in [0.15, 0.2) is 0 Å². The van der Waals surface area contributed by atoms with Crippen LogP contribution in [-0.2, 0) is 11.4 Å². The Hall–Kier alpha value is -3.41. The molecule has 1 amide bonds. The van der Waals surface area contributed by atoms with Gasteiger partial charge in [0.1, 0.15) is 29.5 Å². The Morgan fingerprint density at radius 3 is 2.52 bits per heavy atom. The van der Waals surface area contributed by atoms with Crippen molar-refractivity contribution in [2.24, 2.45) is 0 Å². The van der Waals surface area contributed by atoms with E-state index in [1.165, 1.54) is 18.2 Å². The van der Waals surface area contributed by atoms with Gasteiger partial charge >= 0.3 is 0 Å². The Morgan fingerprint density at radius 1 is 1.03 bits per heavy atom. The van der Waals surface area contributed by atoms with E-state index in [9.17, 15) is 13.6 Å². The zero-order chi connectivity index (χ0) is 22.3. The maximum atomic E-state index is 14.7. The van der Waals surface area contributed by atoms with Crippen molar-refractivity contribution in [2.75, 3.05) is 17.3 Å². The molecule has 31 heavy (non-hydrogen) atoms. The summed E-state index contributed by atoms with van der Waals surface area (Å²) in [5.74, 6) is -0.492. The molecule has 0 spiro atoms. The molecule has 0 aromatic heterocycles. The number of carbonyl (C=O) groups excluding carboxylic acids is 1. The molecule has 0 unspecified atom stereocenters. The molecule has 0 aliphatic carbocycles. The first-order valence-corrected chi connectivity index (χ1v) is 10.0. The van der Waals surface area contributed by atoms with Crippen molar-refractivity contribution in [3.05, 3.63) is 77.4 Å². The molecule has 3 aromatic rings. The van der Waals surface area contributed by atoms with Crippen LogP contribution in [0.3, 0.4) is 0 Å². The summed E-state index contributed by atoms with van der Waals surface area (Å²) >= 11 is 0. The molecule has 0 radical (unpaired) electrons. The number of nitrogens with one attached hydrogen (secondary N) is 1. The Labute approximate surface area is 180 Å². The van der Waals surface area contributed by atoms with E-state index in [4.69, 9.17) is 4.74 Å². The second-order valence-electron chi connectivity index (χ2n) is 8.28. The van der Waals surface area contributed by atoms with Gasteiger partial charge in [0.05, 0.1) is 11.4 Å². The number of benzene rings is 3. The summed E-state index contributed by atoms with van der Waals surface area (Å²) in [5.41, 5.74) is 3.05. The smallest absolute Gasteiger partial charge is 0.251 e. The van der Waals surface area contributed by atoms with E-state index in [-0.39, 0.29) is 18.3 Å². The number of nitrogens with zero attached hydrogens (tertiary/aromatic N) is 1. The van der Waals surface area contributed by atoms with E-state index in [2.05, 4.69) is 5.32 Å². The Balaban J connectivity index is 1.87. The molecule has 0 saturated carbocycles. The minimum Gasteiger partial charge on any atom is -0.488 e. The van der Waals surface area contributed by atoms with Crippen LogP contribution in [0.2, 0.25) is 0 Å². The largest absolute Gasteiger partial charge is 0.488 e. The summed E-state index contributed by atoms with van der Waals surface area (Å²) in [6, 6.07) is 14.5. The van der Waals surface area contributed by atoms with Gasteiger partial charge in [-0.2, -0.15) is 0 Å². The van der Waals surface area contributed by atoms with Gasteiger partial charge in [-0.3, -0.25) is 4.79 Å². The number of halogens is 2. The fourth-order valence-corrected chi connectivity index (χ4v) is 3.99. The molecule has 1 aliphatic rings. The number of fused-ring (bicyclic) bond motifs is 1. The number of amides is 1. The first kappa shape index (κ1) is 20.8. The first-order valence-electron chi connectivity index (χ1n) is 10.0.